The van der Waals surface area contributed by atoms with E-state index in [2.05, 4.69) is 18.7 Å². The Bertz CT molecular complexity index is 195. The van der Waals surface area contributed by atoms with Gasteiger partial charge >= 0.3 is 5.97 Å². The van der Waals surface area contributed by atoms with Crippen LogP contribution in [0.1, 0.15) is 26.7 Å². The Morgan fingerprint density at radius 2 is 2.07 bits per heavy atom. The smallest absolute Gasteiger partial charge is 0.320 e. The van der Waals surface area contributed by atoms with Gasteiger partial charge in [-0.25, -0.2) is 0 Å². The van der Waals surface area contributed by atoms with Gasteiger partial charge in [0.05, 0.1) is 12.7 Å². The fourth-order valence-corrected chi connectivity index (χ4v) is 1.13. The minimum atomic E-state index is -0.424. The van der Waals surface area contributed by atoms with Crippen molar-refractivity contribution in [2.24, 2.45) is 0 Å². The predicted molar refractivity (Wildman–Crippen MR) is 53.6 cm³/mol. The monoisotopic (exact) mass is 198 g/mol. The Labute approximate surface area is 85.5 Å². The van der Waals surface area contributed by atoms with Crippen LogP contribution in [0.25, 0.3) is 0 Å². The zero-order valence-electron chi connectivity index (χ0n) is 8.95. The molecule has 0 saturated heterocycles. The van der Waals surface area contributed by atoms with Gasteiger partial charge in [0, 0.05) is 6.54 Å². The number of carbonyl (C=O) groups excluding carboxylic acids is 1. The van der Waals surface area contributed by atoms with Crippen molar-refractivity contribution < 1.29 is 9.53 Å². The Balaban J connectivity index is 3.37. The van der Waals surface area contributed by atoms with Gasteiger partial charge in [-0.15, -0.1) is 0 Å². The summed E-state index contributed by atoms with van der Waals surface area (Å²) in [6, 6.07) is 1.75. The first-order valence-corrected chi connectivity index (χ1v) is 4.99. The summed E-state index contributed by atoms with van der Waals surface area (Å²) < 4.78 is 4.83. The SMILES string of the molecule is CCN(CC)CCCOC(=O)CC#N. The molecule has 0 saturated carbocycles. The van der Waals surface area contributed by atoms with Crippen molar-refractivity contribution in [2.75, 3.05) is 26.2 Å². The normalized spacial score (nSPS) is 9.86. The Kier molecular flexibility index (Phi) is 7.86. The minimum Gasteiger partial charge on any atom is -0.465 e. The average Bonchev–Trinajstić information content (AvgIpc) is 2.19. The van der Waals surface area contributed by atoms with Crippen LogP contribution in [0.5, 0.6) is 0 Å². The standard InChI is InChI=1S/C10H18N2O2/c1-3-12(4-2)8-5-9-14-10(13)6-7-11/h3-6,8-9H2,1-2H3. The molecule has 0 heterocycles. The van der Waals surface area contributed by atoms with Gasteiger partial charge in [0.1, 0.15) is 6.42 Å². The largest absolute Gasteiger partial charge is 0.465 e. The third-order valence-corrected chi connectivity index (χ3v) is 2.00. The van der Waals surface area contributed by atoms with E-state index in [1.165, 1.54) is 0 Å². The summed E-state index contributed by atoms with van der Waals surface area (Å²) in [5.74, 6) is -0.424. The maximum absolute atomic E-state index is 10.8. The fraction of sp³-hybridized carbons (Fsp3) is 0.800. The lowest BCUT2D eigenvalue weighted by Crippen LogP contribution is -2.25. The molecule has 0 atom stereocenters. The molecule has 0 aromatic heterocycles. The number of rotatable bonds is 7. The highest BCUT2D eigenvalue weighted by molar-refractivity contribution is 5.71. The third kappa shape index (κ3) is 6.44. The highest BCUT2D eigenvalue weighted by Gasteiger charge is 2.02. The van der Waals surface area contributed by atoms with Crippen molar-refractivity contribution in [1.82, 2.24) is 4.90 Å². The topological polar surface area (TPSA) is 53.3 Å². The number of ether oxygens (including phenoxy) is 1. The molecule has 4 heteroatoms. The molecular weight excluding hydrogens is 180 g/mol. The van der Waals surface area contributed by atoms with Crippen LogP contribution in [0.4, 0.5) is 0 Å². The lowest BCUT2D eigenvalue weighted by Gasteiger charge is -2.17. The van der Waals surface area contributed by atoms with Gasteiger partial charge in [-0.1, -0.05) is 13.8 Å². The molecule has 0 spiro atoms. The van der Waals surface area contributed by atoms with Crippen molar-refractivity contribution in [3.8, 4) is 6.07 Å². The fourth-order valence-electron chi connectivity index (χ4n) is 1.13. The second-order valence-electron chi connectivity index (χ2n) is 2.94. The van der Waals surface area contributed by atoms with E-state index >= 15 is 0 Å². The van der Waals surface area contributed by atoms with Crippen LogP contribution in [0.3, 0.4) is 0 Å². The van der Waals surface area contributed by atoms with Crippen molar-refractivity contribution in [3.05, 3.63) is 0 Å². The third-order valence-electron chi connectivity index (χ3n) is 2.00. The molecule has 0 aliphatic carbocycles. The maximum atomic E-state index is 10.8. The molecule has 0 N–H and O–H groups in total. The van der Waals surface area contributed by atoms with Gasteiger partial charge in [0.25, 0.3) is 0 Å². The summed E-state index contributed by atoms with van der Waals surface area (Å²) >= 11 is 0. The summed E-state index contributed by atoms with van der Waals surface area (Å²) in [6.07, 6.45) is 0.685. The van der Waals surface area contributed by atoms with Gasteiger partial charge in [-0.2, -0.15) is 5.26 Å². The highest BCUT2D eigenvalue weighted by Crippen LogP contribution is 1.92. The van der Waals surface area contributed by atoms with Crippen molar-refractivity contribution in [2.45, 2.75) is 26.7 Å². The van der Waals surface area contributed by atoms with E-state index in [0.29, 0.717) is 6.61 Å². The van der Waals surface area contributed by atoms with Gasteiger partial charge in [-0.05, 0) is 19.5 Å². The second-order valence-corrected chi connectivity index (χ2v) is 2.94. The van der Waals surface area contributed by atoms with Gasteiger partial charge in [0.2, 0.25) is 0 Å². The molecule has 0 aliphatic heterocycles. The van der Waals surface area contributed by atoms with E-state index in [1.807, 2.05) is 0 Å². The zero-order chi connectivity index (χ0) is 10.8. The van der Waals surface area contributed by atoms with Gasteiger partial charge < -0.3 is 9.64 Å². The summed E-state index contributed by atoms with van der Waals surface area (Å²) in [6.45, 7) is 7.59. The summed E-state index contributed by atoms with van der Waals surface area (Å²) in [5, 5.41) is 8.20. The Hall–Kier alpha value is -1.08. The predicted octanol–water partition coefficient (Wildman–Crippen LogP) is 1.18. The minimum absolute atomic E-state index is 0.148. The number of hydrogen-bond donors (Lipinski definition) is 0. The van der Waals surface area contributed by atoms with Crippen molar-refractivity contribution >= 4 is 5.97 Å². The van der Waals surface area contributed by atoms with E-state index in [0.717, 1.165) is 26.1 Å². The van der Waals surface area contributed by atoms with Crippen LogP contribution < -0.4 is 0 Å². The second kappa shape index (κ2) is 8.52. The summed E-state index contributed by atoms with van der Waals surface area (Å²) in [5.41, 5.74) is 0. The molecule has 0 radical (unpaired) electrons. The van der Waals surface area contributed by atoms with E-state index in [1.54, 1.807) is 6.07 Å². The molecule has 0 bridgehead atoms. The first-order valence-electron chi connectivity index (χ1n) is 4.99. The van der Waals surface area contributed by atoms with E-state index in [9.17, 15) is 4.79 Å². The maximum Gasteiger partial charge on any atom is 0.320 e. The van der Waals surface area contributed by atoms with Crippen LogP contribution >= 0.6 is 0 Å². The number of nitriles is 1. The molecule has 4 nitrogen and oxygen atoms in total. The molecule has 0 aromatic carbocycles. The van der Waals surface area contributed by atoms with Crippen molar-refractivity contribution in [1.29, 1.82) is 5.26 Å². The molecule has 0 aromatic rings. The lowest BCUT2D eigenvalue weighted by molar-refractivity contribution is -0.142. The highest BCUT2D eigenvalue weighted by atomic mass is 16.5. The van der Waals surface area contributed by atoms with E-state index in [4.69, 9.17) is 10.00 Å². The molecule has 14 heavy (non-hydrogen) atoms. The molecule has 0 rings (SSSR count). The van der Waals surface area contributed by atoms with E-state index < -0.39 is 5.97 Å². The summed E-state index contributed by atoms with van der Waals surface area (Å²) in [7, 11) is 0. The van der Waals surface area contributed by atoms with Gasteiger partial charge in [0.15, 0.2) is 0 Å². The van der Waals surface area contributed by atoms with Crippen molar-refractivity contribution in [3.63, 3.8) is 0 Å². The molecule has 80 valence electrons. The lowest BCUT2D eigenvalue weighted by atomic mass is 10.4. The molecule has 0 fully saturated rings. The van der Waals surface area contributed by atoms with Crippen LogP contribution in [0.15, 0.2) is 0 Å². The summed E-state index contributed by atoms with van der Waals surface area (Å²) in [4.78, 5) is 13.0. The molecule has 0 unspecified atom stereocenters. The first kappa shape index (κ1) is 12.9. The first-order chi connectivity index (χ1) is 6.74. The number of carbonyl (C=O) groups is 1. The number of nitrogens with zero attached hydrogens (tertiary/aromatic N) is 2. The van der Waals surface area contributed by atoms with Gasteiger partial charge in [-0.3, -0.25) is 4.79 Å². The van der Waals surface area contributed by atoms with Crippen LogP contribution in [-0.2, 0) is 9.53 Å². The molecule has 0 aliphatic rings. The Morgan fingerprint density at radius 3 is 2.57 bits per heavy atom. The van der Waals surface area contributed by atoms with Crippen LogP contribution in [0.2, 0.25) is 0 Å². The zero-order valence-corrected chi connectivity index (χ0v) is 8.95. The number of hydrogen-bond acceptors (Lipinski definition) is 4. The van der Waals surface area contributed by atoms with Crippen LogP contribution in [0, 0.1) is 11.3 Å². The molecular formula is C10H18N2O2. The number of esters is 1. The quantitative estimate of drug-likeness (QED) is 0.455. The Morgan fingerprint density at radius 1 is 1.43 bits per heavy atom. The average molecular weight is 198 g/mol. The van der Waals surface area contributed by atoms with Crippen LogP contribution in [-0.4, -0.2) is 37.1 Å². The van der Waals surface area contributed by atoms with E-state index in [-0.39, 0.29) is 6.42 Å². The molecule has 0 amide bonds.